The number of imidazole rings is 1. The van der Waals surface area contributed by atoms with Crippen LogP contribution in [0.15, 0.2) is 42.6 Å². The molecule has 29 heavy (non-hydrogen) atoms. The van der Waals surface area contributed by atoms with E-state index in [1.165, 1.54) is 5.56 Å². The first kappa shape index (κ1) is 17.7. The number of anilines is 1. The molecule has 4 aromatic rings. The van der Waals surface area contributed by atoms with Crippen LogP contribution in [0.5, 0.6) is 5.75 Å². The maximum atomic E-state index is 12.7. The summed E-state index contributed by atoms with van der Waals surface area (Å²) >= 11 is 1.62. The quantitative estimate of drug-likeness (QED) is 0.359. The van der Waals surface area contributed by atoms with Crippen LogP contribution in [-0.2, 0) is 4.79 Å². The number of carbonyl (C=O) groups is 1. The number of rotatable bonds is 2. The standard InChI is InChI=1S/C23H19N3O2S/c1-12-4-6-15(7-5-12)21-19(26-11-14(3)29-23(26)25-21)9-17-16-10-20(27)13(2)8-18(16)24-22(17)28/h4-11,27H,1-3H3,(H,24,28)/b17-9+. The molecule has 0 spiro atoms. The number of nitrogens with one attached hydrogen (secondary N) is 1. The highest BCUT2D eigenvalue weighted by Gasteiger charge is 2.27. The molecule has 0 saturated heterocycles. The first-order valence-electron chi connectivity index (χ1n) is 9.33. The molecule has 6 heteroatoms. The predicted octanol–water partition coefficient (Wildman–Crippen LogP) is 5.19. The van der Waals surface area contributed by atoms with Crippen LogP contribution in [0.4, 0.5) is 5.69 Å². The van der Waals surface area contributed by atoms with E-state index in [0.29, 0.717) is 11.1 Å². The first-order valence-corrected chi connectivity index (χ1v) is 10.1. The molecule has 5 rings (SSSR count). The Bertz CT molecular complexity index is 1330. The molecular formula is C23H19N3O2S. The van der Waals surface area contributed by atoms with Gasteiger partial charge in [-0.05, 0) is 44.5 Å². The highest BCUT2D eigenvalue weighted by molar-refractivity contribution is 7.17. The predicted molar refractivity (Wildman–Crippen MR) is 117 cm³/mol. The number of aromatic hydroxyl groups is 1. The Morgan fingerprint density at radius 3 is 2.66 bits per heavy atom. The second-order valence-corrected chi connectivity index (χ2v) is 8.62. The van der Waals surface area contributed by atoms with Crippen molar-refractivity contribution in [1.29, 1.82) is 0 Å². The Kier molecular flexibility index (Phi) is 3.86. The molecule has 0 aliphatic carbocycles. The Hall–Kier alpha value is -3.38. The fourth-order valence-corrected chi connectivity index (χ4v) is 4.48. The molecule has 1 amide bonds. The first-order chi connectivity index (χ1) is 13.9. The highest BCUT2D eigenvalue weighted by Crippen LogP contribution is 2.39. The summed E-state index contributed by atoms with van der Waals surface area (Å²) in [5.41, 5.74) is 6.54. The van der Waals surface area contributed by atoms with Gasteiger partial charge in [-0.15, -0.1) is 11.3 Å². The van der Waals surface area contributed by atoms with Gasteiger partial charge >= 0.3 is 0 Å². The number of aryl methyl sites for hydroxylation is 3. The van der Waals surface area contributed by atoms with E-state index in [1.54, 1.807) is 23.5 Å². The number of thiazole rings is 1. The number of hydrogen-bond acceptors (Lipinski definition) is 4. The Morgan fingerprint density at radius 2 is 1.90 bits per heavy atom. The van der Waals surface area contributed by atoms with Crippen molar-refractivity contribution in [2.45, 2.75) is 20.8 Å². The van der Waals surface area contributed by atoms with Crippen molar-refractivity contribution in [3.05, 3.63) is 69.9 Å². The van der Waals surface area contributed by atoms with Crippen LogP contribution >= 0.6 is 11.3 Å². The number of fused-ring (bicyclic) bond motifs is 2. The summed E-state index contributed by atoms with van der Waals surface area (Å²) in [4.78, 5) is 19.6. The molecule has 0 atom stereocenters. The van der Waals surface area contributed by atoms with Crippen molar-refractivity contribution in [1.82, 2.24) is 9.38 Å². The van der Waals surface area contributed by atoms with Crippen molar-refractivity contribution in [3.8, 4) is 17.0 Å². The number of carbonyl (C=O) groups excluding carboxylic acids is 1. The van der Waals surface area contributed by atoms with Crippen LogP contribution < -0.4 is 5.32 Å². The number of phenols is 1. The van der Waals surface area contributed by atoms with Gasteiger partial charge < -0.3 is 10.4 Å². The van der Waals surface area contributed by atoms with Crippen LogP contribution in [0.3, 0.4) is 0 Å². The smallest absolute Gasteiger partial charge is 0.256 e. The maximum absolute atomic E-state index is 12.7. The van der Waals surface area contributed by atoms with E-state index in [-0.39, 0.29) is 11.7 Å². The molecule has 2 aromatic carbocycles. The molecule has 2 N–H and O–H groups in total. The summed E-state index contributed by atoms with van der Waals surface area (Å²) in [6.45, 7) is 5.91. The van der Waals surface area contributed by atoms with Gasteiger partial charge in [0.1, 0.15) is 5.75 Å². The fourth-order valence-electron chi connectivity index (χ4n) is 3.65. The van der Waals surface area contributed by atoms with Crippen LogP contribution in [0.1, 0.15) is 27.3 Å². The lowest BCUT2D eigenvalue weighted by molar-refractivity contribution is -0.110. The number of phenolic OH excluding ortho intramolecular Hbond substituents is 1. The molecule has 5 nitrogen and oxygen atoms in total. The summed E-state index contributed by atoms with van der Waals surface area (Å²) in [5, 5.41) is 13.1. The Morgan fingerprint density at radius 1 is 1.14 bits per heavy atom. The largest absolute Gasteiger partial charge is 0.508 e. The number of hydrogen-bond donors (Lipinski definition) is 2. The van der Waals surface area contributed by atoms with Crippen LogP contribution in [-0.4, -0.2) is 20.4 Å². The Balaban J connectivity index is 1.75. The molecular weight excluding hydrogens is 382 g/mol. The van der Waals surface area contributed by atoms with Crippen molar-refractivity contribution in [2.75, 3.05) is 5.32 Å². The third-order valence-corrected chi connectivity index (χ3v) is 6.10. The molecule has 0 fully saturated rings. The number of nitrogens with zero attached hydrogens (tertiary/aromatic N) is 2. The zero-order valence-corrected chi connectivity index (χ0v) is 17.1. The molecule has 0 bridgehead atoms. The van der Waals surface area contributed by atoms with E-state index < -0.39 is 0 Å². The average Bonchev–Trinajstić information content (AvgIpc) is 3.29. The normalized spacial score (nSPS) is 14.6. The summed E-state index contributed by atoms with van der Waals surface area (Å²) in [7, 11) is 0. The third-order valence-electron chi connectivity index (χ3n) is 5.20. The summed E-state index contributed by atoms with van der Waals surface area (Å²) in [5.74, 6) is -0.00326. The van der Waals surface area contributed by atoms with Crippen LogP contribution in [0, 0.1) is 20.8 Å². The number of aromatic nitrogens is 2. The van der Waals surface area contributed by atoms with Crippen molar-refractivity contribution in [3.63, 3.8) is 0 Å². The monoisotopic (exact) mass is 401 g/mol. The van der Waals surface area contributed by atoms with Gasteiger partial charge in [-0.25, -0.2) is 4.98 Å². The van der Waals surface area contributed by atoms with E-state index in [2.05, 4.69) is 36.5 Å². The van der Waals surface area contributed by atoms with Crippen molar-refractivity contribution >= 4 is 39.5 Å². The van der Waals surface area contributed by atoms with Crippen molar-refractivity contribution < 1.29 is 9.90 Å². The summed E-state index contributed by atoms with van der Waals surface area (Å²) in [6, 6.07) is 11.7. The van der Waals surface area contributed by atoms with Crippen molar-refractivity contribution in [2.24, 2.45) is 0 Å². The molecule has 0 radical (unpaired) electrons. The summed E-state index contributed by atoms with van der Waals surface area (Å²) < 4.78 is 2.03. The minimum absolute atomic E-state index is 0.176. The molecule has 0 unspecified atom stereocenters. The minimum atomic E-state index is -0.179. The van der Waals surface area contributed by atoms with Gasteiger partial charge in [0.05, 0.1) is 17.0 Å². The van der Waals surface area contributed by atoms with Gasteiger partial charge in [-0.1, -0.05) is 29.8 Å². The molecule has 3 heterocycles. The van der Waals surface area contributed by atoms with E-state index in [0.717, 1.165) is 38.0 Å². The lowest BCUT2D eigenvalue weighted by Gasteiger charge is -2.05. The molecule has 2 aromatic heterocycles. The van der Waals surface area contributed by atoms with Gasteiger partial charge in [-0.2, -0.15) is 0 Å². The lowest BCUT2D eigenvalue weighted by Crippen LogP contribution is -2.04. The topological polar surface area (TPSA) is 66.6 Å². The van der Waals surface area contributed by atoms with Crippen LogP contribution in [0.25, 0.3) is 27.9 Å². The van der Waals surface area contributed by atoms with Gasteiger partial charge in [0.15, 0.2) is 4.96 Å². The van der Waals surface area contributed by atoms with Crippen LogP contribution in [0.2, 0.25) is 0 Å². The SMILES string of the molecule is Cc1ccc(-c2nc3sc(C)cn3c2/C=C2/C(=O)Nc3cc(C)c(O)cc32)cc1. The number of amides is 1. The zero-order valence-electron chi connectivity index (χ0n) is 16.3. The second-order valence-electron chi connectivity index (χ2n) is 7.40. The van der Waals surface area contributed by atoms with E-state index >= 15 is 0 Å². The third kappa shape index (κ3) is 2.84. The van der Waals surface area contributed by atoms with E-state index in [1.807, 2.05) is 30.5 Å². The molecule has 1 aliphatic rings. The van der Waals surface area contributed by atoms with Gasteiger partial charge in [0, 0.05) is 27.9 Å². The van der Waals surface area contributed by atoms with E-state index in [4.69, 9.17) is 4.98 Å². The molecule has 144 valence electrons. The maximum Gasteiger partial charge on any atom is 0.256 e. The fraction of sp³-hybridized carbons (Fsp3) is 0.130. The zero-order chi connectivity index (χ0) is 20.3. The number of benzene rings is 2. The average molecular weight is 401 g/mol. The van der Waals surface area contributed by atoms with Gasteiger partial charge in [-0.3, -0.25) is 9.20 Å². The lowest BCUT2D eigenvalue weighted by atomic mass is 10.0. The van der Waals surface area contributed by atoms with Gasteiger partial charge in [0.2, 0.25) is 0 Å². The Labute approximate surface area is 172 Å². The highest BCUT2D eigenvalue weighted by atomic mass is 32.1. The summed E-state index contributed by atoms with van der Waals surface area (Å²) in [6.07, 6.45) is 3.91. The molecule has 0 saturated carbocycles. The minimum Gasteiger partial charge on any atom is -0.508 e. The second kappa shape index (κ2) is 6.32. The van der Waals surface area contributed by atoms with Gasteiger partial charge in [0.25, 0.3) is 5.91 Å². The molecule has 1 aliphatic heterocycles. The van der Waals surface area contributed by atoms with E-state index in [9.17, 15) is 9.90 Å².